The Balaban J connectivity index is 1.93. The lowest BCUT2D eigenvalue weighted by atomic mass is 10.3. The van der Waals surface area contributed by atoms with Gasteiger partial charge in [0.1, 0.15) is 0 Å². The third kappa shape index (κ3) is 2.24. The molecule has 5 nitrogen and oxygen atoms in total. The normalized spacial score (nSPS) is 16.1. The van der Waals surface area contributed by atoms with Gasteiger partial charge >= 0.3 is 6.03 Å². The number of hydrogen-bond acceptors (Lipinski definition) is 3. The Morgan fingerprint density at radius 3 is 2.44 bits per heavy atom. The van der Waals surface area contributed by atoms with E-state index < -0.39 is 0 Å². The predicted octanol–water partition coefficient (Wildman–Crippen LogP) is 0.543. The van der Waals surface area contributed by atoms with E-state index in [-0.39, 0.29) is 6.03 Å². The average molecular weight is 220 g/mol. The first-order valence-electron chi connectivity index (χ1n) is 5.43. The van der Waals surface area contributed by atoms with Gasteiger partial charge in [0.15, 0.2) is 0 Å². The summed E-state index contributed by atoms with van der Waals surface area (Å²) in [7, 11) is 1.66. The Labute approximate surface area is 95.1 Å². The zero-order valence-electron chi connectivity index (χ0n) is 9.39. The number of pyridine rings is 1. The predicted molar refractivity (Wildman–Crippen MR) is 62.5 cm³/mol. The van der Waals surface area contributed by atoms with Gasteiger partial charge in [0, 0.05) is 51.3 Å². The van der Waals surface area contributed by atoms with Gasteiger partial charge < -0.3 is 15.1 Å². The molecule has 1 N–H and O–H groups in total. The molecule has 1 aliphatic rings. The Kier molecular flexibility index (Phi) is 3.24. The van der Waals surface area contributed by atoms with Crippen molar-refractivity contribution in [3.8, 4) is 0 Å². The zero-order chi connectivity index (χ0) is 11.4. The summed E-state index contributed by atoms with van der Waals surface area (Å²) in [4.78, 5) is 19.5. The van der Waals surface area contributed by atoms with E-state index in [2.05, 4.69) is 15.2 Å². The second-order valence-corrected chi connectivity index (χ2v) is 3.73. The maximum atomic E-state index is 11.4. The fourth-order valence-electron chi connectivity index (χ4n) is 1.88. The van der Waals surface area contributed by atoms with Gasteiger partial charge in [0.05, 0.1) is 0 Å². The highest BCUT2D eigenvalue weighted by Crippen LogP contribution is 2.14. The van der Waals surface area contributed by atoms with Crippen LogP contribution in [0, 0.1) is 0 Å². The van der Waals surface area contributed by atoms with Crippen molar-refractivity contribution in [2.24, 2.45) is 0 Å². The number of nitrogens with zero attached hydrogens (tertiary/aromatic N) is 3. The van der Waals surface area contributed by atoms with Crippen LogP contribution in [0.15, 0.2) is 24.5 Å². The molecule has 0 spiro atoms. The number of carbonyl (C=O) groups is 1. The molecule has 0 aromatic carbocycles. The molecule has 1 fully saturated rings. The minimum absolute atomic E-state index is 0.00868. The van der Waals surface area contributed by atoms with E-state index in [0.717, 1.165) is 26.2 Å². The van der Waals surface area contributed by atoms with Crippen molar-refractivity contribution in [3.63, 3.8) is 0 Å². The molecule has 2 rings (SSSR count). The second-order valence-electron chi connectivity index (χ2n) is 3.73. The number of nitrogens with one attached hydrogen (secondary N) is 1. The summed E-state index contributed by atoms with van der Waals surface area (Å²) in [6.45, 7) is 3.28. The van der Waals surface area contributed by atoms with Gasteiger partial charge in [-0.3, -0.25) is 4.98 Å². The molecule has 1 saturated heterocycles. The molecular formula is C11H16N4O. The topological polar surface area (TPSA) is 48.5 Å². The molecule has 0 radical (unpaired) electrons. The van der Waals surface area contributed by atoms with E-state index in [1.165, 1.54) is 5.69 Å². The van der Waals surface area contributed by atoms with E-state index in [4.69, 9.17) is 0 Å². The van der Waals surface area contributed by atoms with E-state index in [9.17, 15) is 4.79 Å². The molecule has 5 heteroatoms. The molecule has 0 atom stereocenters. The molecule has 0 unspecified atom stereocenters. The van der Waals surface area contributed by atoms with Crippen molar-refractivity contribution in [2.75, 3.05) is 38.1 Å². The monoisotopic (exact) mass is 220 g/mol. The molecule has 86 valence electrons. The van der Waals surface area contributed by atoms with Crippen molar-refractivity contribution in [1.82, 2.24) is 15.2 Å². The molecule has 1 aromatic heterocycles. The first-order chi connectivity index (χ1) is 7.81. The Hall–Kier alpha value is -1.78. The highest BCUT2D eigenvalue weighted by Gasteiger charge is 2.19. The first-order valence-corrected chi connectivity index (χ1v) is 5.43. The molecule has 2 amide bonds. The summed E-state index contributed by atoms with van der Waals surface area (Å²) in [5.74, 6) is 0. The number of piperazine rings is 1. The lowest BCUT2D eigenvalue weighted by Gasteiger charge is -2.35. The molecule has 0 aliphatic carbocycles. The third-order valence-corrected chi connectivity index (χ3v) is 2.81. The molecule has 0 bridgehead atoms. The van der Waals surface area contributed by atoms with Crippen LogP contribution in [-0.2, 0) is 0 Å². The molecule has 2 heterocycles. The third-order valence-electron chi connectivity index (χ3n) is 2.81. The van der Waals surface area contributed by atoms with Gasteiger partial charge in [-0.05, 0) is 12.1 Å². The molecule has 1 aromatic rings. The van der Waals surface area contributed by atoms with Gasteiger partial charge in [-0.1, -0.05) is 0 Å². The van der Waals surface area contributed by atoms with Crippen molar-refractivity contribution in [3.05, 3.63) is 24.5 Å². The Bertz CT molecular complexity index is 346. The van der Waals surface area contributed by atoms with Gasteiger partial charge in [0.2, 0.25) is 0 Å². The van der Waals surface area contributed by atoms with Crippen LogP contribution in [0.3, 0.4) is 0 Å². The van der Waals surface area contributed by atoms with Crippen LogP contribution in [0.1, 0.15) is 0 Å². The van der Waals surface area contributed by atoms with Crippen LogP contribution in [-0.4, -0.2) is 49.1 Å². The highest BCUT2D eigenvalue weighted by atomic mass is 16.2. The van der Waals surface area contributed by atoms with E-state index >= 15 is 0 Å². The van der Waals surface area contributed by atoms with Crippen LogP contribution in [0.25, 0.3) is 0 Å². The SMILES string of the molecule is CNC(=O)N1CCN(c2ccncc2)CC1. The van der Waals surface area contributed by atoms with Crippen molar-refractivity contribution in [2.45, 2.75) is 0 Å². The van der Waals surface area contributed by atoms with E-state index in [0.29, 0.717) is 0 Å². The van der Waals surface area contributed by atoms with Crippen LogP contribution in [0.5, 0.6) is 0 Å². The minimum Gasteiger partial charge on any atom is -0.368 e. The number of carbonyl (C=O) groups excluding carboxylic acids is 1. The Morgan fingerprint density at radius 2 is 1.88 bits per heavy atom. The number of anilines is 1. The van der Waals surface area contributed by atoms with E-state index in [1.54, 1.807) is 19.4 Å². The quantitative estimate of drug-likeness (QED) is 0.751. The summed E-state index contributed by atoms with van der Waals surface area (Å²) in [6, 6.07) is 4.00. The summed E-state index contributed by atoms with van der Waals surface area (Å²) in [6.07, 6.45) is 3.58. The second kappa shape index (κ2) is 4.83. The maximum absolute atomic E-state index is 11.4. The largest absolute Gasteiger partial charge is 0.368 e. The van der Waals surface area contributed by atoms with Gasteiger partial charge in [-0.2, -0.15) is 0 Å². The summed E-state index contributed by atoms with van der Waals surface area (Å²) in [5.41, 5.74) is 1.17. The Morgan fingerprint density at radius 1 is 1.25 bits per heavy atom. The summed E-state index contributed by atoms with van der Waals surface area (Å²) < 4.78 is 0. The smallest absolute Gasteiger partial charge is 0.317 e. The van der Waals surface area contributed by atoms with Crippen LogP contribution < -0.4 is 10.2 Å². The molecule has 16 heavy (non-hydrogen) atoms. The molecular weight excluding hydrogens is 204 g/mol. The van der Waals surface area contributed by atoms with Gasteiger partial charge in [-0.15, -0.1) is 0 Å². The first kappa shape index (κ1) is 10.7. The summed E-state index contributed by atoms with van der Waals surface area (Å²) in [5, 5.41) is 2.65. The number of amides is 2. The molecule has 1 aliphatic heterocycles. The maximum Gasteiger partial charge on any atom is 0.317 e. The standard InChI is InChI=1S/C11H16N4O/c1-12-11(16)15-8-6-14(7-9-15)10-2-4-13-5-3-10/h2-5H,6-9H2,1H3,(H,12,16). The van der Waals surface area contributed by atoms with Crippen LogP contribution in [0.4, 0.5) is 10.5 Å². The fraction of sp³-hybridized carbons (Fsp3) is 0.455. The van der Waals surface area contributed by atoms with Crippen molar-refractivity contribution in [1.29, 1.82) is 0 Å². The highest BCUT2D eigenvalue weighted by molar-refractivity contribution is 5.74. The number of aromatic nitrogens is 1. The van der Waals surface area contributed by atoms with Crippen molar-refractivity contribution >= 4 is 11.7 Å². The summed E-state index contributed by atoms with van der Waals surface area (Å²) >= 11 is 0. The van der Waals surface area contributed by atoms with Crippen LogP contribution in [0.2, 0.25) is 0 Å². The zero-order valence-corrected chi connectivity index (χ0v) is 9.39. The van der Waals surface area contributed by atoms with Gasteiger partial charge in [-0.25, -0.2) is 4.79 Å². The average Bonchev–Trinajstić information content (AvgIpc) is 2.39. The number of urea groups is 1. The van der Waals surface area contributed by atoms with E-state index in [1.807, 2.05) is 17.0 Å². The van der Waals surface area contributed by atoms with Crippen LogP contribution >= 0.6 is 0 Å². The number of hydrogen-bond donors (Lipinski definition) is 1. The molecule has 0 saturated carbocycles. The van der Waals surface area contributed by atoms with Gasteiger partial charge in [0.25, 0.3) is 0 Å². The number of rotatable bonds is 1. The lowest BCUT2D eigenvalue weighted by Crippen LogP contribution is -2.51. The fourth-order valence-corrected chi connectivity index (χ4v) is 1.88. The minimum atomic E-state index is 0.00868. The van der Waals surface area contributed by atoms with Crippen molar-refractivity contribution < 1.29 is 4.79 Å². The lowest BCUT2D eigenvalue weighted by molar-refractivity contribution is 0.196.